The second kappa shape index (κ2) is 6.61. The Morgan fingerprint density at radius 1 is 1.20 bits per heavy atom. The van der Waals surface area contributed by atoms with Crippen molar-refractivity contribution in [1.29, 1.82) is 0 Å². The fourth-order valence-electron chi connectivity index (χ4n) is 2.47. The number of hydrogen-bond donors (Lipinski definition) is 1. The highest BCUT2D eigenvalue weighted by molar-refractivity contribution is 5.25. The molecule has 0 spiro atoms. The first-order valence-corrected chi connectivity index (χ1v) is 7.38. The minimum Gasteiger partial charge on any atom is -0.314 e. The summed E-state index contributed by atoms with van der Waals surface area (Å²) < 4.78 is 37.5. The summed E-state index contributed by atoms with van der Waals surface area (Å²) in [6.45, 7) is 3.12. The molecule has 1 aliphatic rings. The van der Waals surface area contributed by atoms with Gasteiger partial charge in [-0.25, -0.2) is 0 Å². The number of halogens is 3. The van der Waals surface area contributed by atoms with Crippen LogP contribution in [-0.2, 0) is 12.6 Å². The lowest BCUT2D eigenvalue weighted by Gasteiger charge is -2.17. The van der Waals surface area contributed by atoms with Crippen LogP contribution in [0.25, 0.3) is 0 Å². The summed E-state index contributed by atoms with van der Waals surface area (Å²) in [7, 11) is 0. The van der Waals surface area contributed by atoms with E-state index < -0.39 is 11.7 Å². The van der Waals surface area contributed by atoms with Crippen molar-refractivity contribution in [2.75, 3.05) is 6.54 Å². The van der Waals surface area contributed by atoms with E-state index in [0.717, 1.165) is 31.4 Å². The summed E-state index contributed by atoms with van der Waals surface area (Å²) in [4.78, 5) is 0. The van der Waals surface area contributed by atoms with Gasteiger partial charge in [0.05, 0.1) is 5.56 Å². The highest BCUT2D eigenvalue weighted by Gasteiger charge is 2.30. The quantitative estimate of drug-likeness (QED) is 0.782. The molecule has 112 valence electrons. The predicted molar refractivity (Wildman–Crippen MR) is 74.6 cm³/mol. The largest absolute Gasteiger partial charge is 0.416 e. The Labute approximate surface area is 118 Å². The number of hydrogen-bond acceptors (Lipinski definition) is 1. The van der Waals surface area contributed by atoms with Crippen molar-refractivity contribution in [2.45, 2.75) is 51.2 Å². The van der Waals surface area contributed by atoms with Gasteiger partial charge in [-0.15, -0.1) is 0 Å². The SMILES string of the molecule is CCCC(CNC1CC1)Cc1ccc(C(F)(F)F)cc1. The molecule has 1 aromatic rings. The molecule has 1 fully saturated rings. The first-order chi connectivity index (χ1) is 9.49. The molecule has 2 rings (SSSR count). The number of benzene rings is 1. The minimum absolute atomic E-state index is 0.511. The third-order valence-corrected chi connectivity index (χ3v) is 3.78. The fourth-order valence-corrected chi connectivity index (χ4v) is 2.47. The lowest BCUT2D eigenvalue weighted by molar-refractivity contribution is -0.137. The molecule has 1 saturated carbocycles. The van der Waals surface area contributed by atoms with Crippen LogP contribution in [0.5, 0.6) is 0 Å². The topological polar surface area (TPSA) is 12.0 Å². The molecule has 1 N–H and O–H groups in total. The van der Waals surface area contributed by atoms with Crippen molar-refractivity contribution >= 4 is 0 Å². The monoisotopic (exact) mass is 285 g/mol. The Morgan fingerprint density at radius 3 is 2.35 bits per heavy atom. The van der Waals surface area contributed by atoms with E-state index in [1.807, 2.05) is 0 Å². The van der Waals surface area contributed by atoms with Crippen LogP contribution in [0.4, 0.5) is 13.2 Å². The lowest BCUT2D eigenvalue weighted by Crippen LogP contribution is -2.26. The molecule has 0 bridgehead atoms. The molecule has 1 aliphatic carbocycles. The third kappa shape index (κ3) is 4.82. The number of nitrogens with one attached hydrogen (secondary N) is 1. The highest BCUT2D eigenvalue weighted by atomic mass is 19.4. The molecule has 0 radical (unpaired) electrons. The average Bonchev–Trinajstić information content (AvgIpc) is 3.20. The van der Waals surface area contributed by atoms with E-state index in [0.29, 0.717) is 12.0 Å². The van der Waals surface area contributed by atoms with Gasteiger partial charge in [-0.05, 0) is 55.8 Å². The maximum absolute atomic E-state index is 12.5. The molecule has 1 atom stereocenters. The van der Waals surface area contributed by atoms with Gasteiger partial charge in [0.2, 0.25) is 0 Å². The zero-order valence-corrected chi connectivity index (χ0v) is 11.8. The van der Waals surface area contributed by atoms with Crippen molar-refractivity contribution in [2.24, 2.45) is 5.92 Å². The van der Waals surface area contributed by atoms with E-state index in [9.17, 15) is 13.2 Å². The second-order valence-electron chi connectivity index (χ2n) is 5.74. The Morgan fingerprint density at radius 2 is 1.85 bits per heavy atom. The molecule has 0 amide bonds. The van der Waals surface area contributed by atoms with Crippen LogP contribution in [0.1, 0.15) is 43.7 Å². The van der Waals surface area contributed by atoms with Crippen LogP contribution < -0.4 is 5.32 Å². The van der Waals surface area contributed by atoms with Crippen molar-refractivity contribution < 1.29 is 13.2 Å². The number of rotatable bonds is 7. The molecular formula is C16H22F3N. The number of alkyl halides is 3. The van der Waals surface area contributed by atoms with Gasteiger partial charge in [-0.3, -0.25) is 0 Å². The second-order valence-corrected chi connectivity index (χ2v) is 5.74. The van der Waals surface area contributed by atoms with E-state index in [4.69, 9.17) is 0 Å². The first kappa shape index (κ1) is 15.4. The molecule has 20 heavy (non-hydrogen) atoms. The third-order valence-electron chi connectivity index (χ3n) is 3.78. The predicted octanol–water partition coefficient (Wildman–Crippen LogP) is 4.42. The van der Waals surface area contributed by atoms with Crippen molar-refractivity contribution in [1.82, 2.24) is 5.32 Å². The zero-order chi connectivity index (χ0) is 14.6. The fraction of sp³-hybridized carbons (Fsp3) is 0.625. The Hall–Kier alpha value is -1.03. The highest BCUT2D eigenvalue weighted by Crippen LogP contribution is 2.29. The summed E-state index contributed by atoms with van der Waals surface area (Å²) in [5, 5.41) is 3.52. The van der Waals surface area contributed by atoms with E-state index in [-0.39, 0.29) is 0 Å². The van der Waals surface area contributed by atoms with Crippen molar-refractivity contribution in [3.8, 4) is 0 Å². The lowest BCUT2D eigenvalue weighted by atomic mass is 9.94. The normalized spacial score (nSPS) is 17.2. The Balaban J connectivity index is 1.91. The van der Waals surface area contributed by atoms with Crippen LogP contribution >= 0.6 is 0 Å². The summed E-state index contributed by atoms with van der Waals surface area (Å²) >= 11 is 0. The smallest absolute Gasteiger partial charge is 0.314 e. The van der Waals surface area contributed by atoms with Crippen LogP contribution in [0.15, 0.2) is 24.3 Å². The molecule has 1 nitrogen and oxygen atoms in total. The Kier molecular flexibility index (Phi) is 5.08. The van der Waals surface area contributed by atoms with Crippen molar-refractivity contribution in [3.05, 3.63) is 35.4 Å². The van der Waals surface area contributed by atoms with E-state index in [2.05, 4.69) is 12.2 Å². The van der Waals surface area contributed by atoms with Gasteiger partial charge in [0.1, 0.15) is 0 Å². The summed E-state index contributed by atoms with van der Waals surface area (Å²) in [5.41, 5.74) is 0.429. The van der Waals surface area contributed by atoms with Crippen molar-refractivity contribution in [3.63, 3.8) is 0 Å². The standard InChI is InChI=1S/C16H22F3N/c1-2-3-13(11-20-15-8-9-15)10-12-4-6-14(7-5-12)16(17,18)19/h4-7,13,15,20H,2-3,8-11H2,1H3. The van der Waals surface area contributed by atoms with Crippen LogP contribution in [-0.4, -0.2) is 12.6 Å². The molecule has 4 heteroatoms. The van der Waals surface area contributed by atoms with Gasteiger partial charge < -0.3 is 5.32 Å². The summed E-state index contributed by atoms with van der Waals surface area (Å²) in [6, 6.07) is 6.28. The summed E-state index contributed by atoms with van der Waals surface area (Å²) in [5.74, 6) is 0.511. The molecule has 1 aromatic carbocycles. The minimum atomic E-state index is -4.24. The van der Waals surface area contributed by atoms with Gasteiger partial charge in [0, 0.05) is 6.04 Å². The van der Waals surface area contributed by atoms with Crippen LogP contribution in [0.2, 0.25) is 0 Å². The summed E-state index contributed by atoms with van der Waals surface area (Å²) in [6.07, 6.45) is 1.36. The molecular weight excluding hydrogens is 263 g/mol. The molecule has 1 unspecified atom stereocenters. The van der Waals surface area contributed by atoms with E-state index in [1.54, 1.807) is 12.1 Å². The van der Waals surface area contributed by atoms with Gasteiger partial charge in [-0.2, -0.15) is 13.2 Å². The first-order valence-electron chi connectivity index (χ1n) is 7.38. The van der Waals surface area contributed by atoms with Gasteiger partial charge in [-0.1, -0.05) is 25.5 Å². The zero-order valence-electron chi connectivity index (χ0n) is 11.8. The average molecular weight is 285 g/mol. The molecule has 0 heterocycles. The Bertz CT molecular complexity index is 407. The van der Waals surface area contributed by atoms with Gasteiger partial charge >= 0.3 is 6.18 Å². The molecule has 0 aliphatic heterocycles. The van der Waals surface area contributed by atoms with E-state index in [1.165, 1.54) is 25.0 Å². The van der Waals surface area contributed by atoms with Gasteiger partial charge in [0.15, 0.2) is 0 Å². The van der Waals surface area contributed by atoms with E-state index >= 15 is 0 Å². The molecule has 0 aromatic heterocycles. The van der Waals surface area contributed by atoms with Crippen LogP contribution in [0, 0.1) is 5.92 Å². The maximum atomic E-state index is 12.5. The van der Waals surface area contributed by atoms with Crippen LogP contribution in [0.3, 0.4) is 0 Å². The molecule has 0 saturated heterocycles. The van der Waals surface area contributed by atoms with Gasteiger partial charge in [0.25, 0.3) is 0 Å². The maximum Gasteiger partial charge on any atom is 0.416 e.